The molecule has 1 atom stereocenters. The Morgan fingerprint density at radius 3 is 2.57 bits per heavy atom. The van der Waals surface area contributed by atoms with E-state index in [2.05, 4.69) is 49.5 Å². The van der Waals surface area contributed by atoms with E-state index in [1.807, 2.05) is 29.1 Å². The van der Waals surface area contributed by atoms with Crippen LogP contribution in [0.1, 0.15) is 27.2 Å². The normalized spacial score (nSPS) is 14.3. The van der Waals surface area contributed by atoms with Crippen LogP contribution in [-0.2, 0) is 6.54 Å². The number of rotatable bonds is 7. The van der Waals surface area contributed by atoms with Gasteiger partial charge in [-0.25, -0.2) is 0 Å². The lowest BCUT2D eigenvalue weighted by atomic mass is 9.98. The van der Waals surface area contributed by atoms with Crippen molar-refractivity contribution in [3.8, 4) is 11.1 Å². The molecule has 0 aliphatic carbocycles. The highest BCUT2D eigenvalue weighted by Crippen LogP contribution is 2.18. The summed E-state index contributed by atoms with van der Waals surface area (Å²) in [6, 6.07) is 10.6. The maximum atomic E-state index is 9.60. The molecule has 1 unspecified atom stereocenters. The van der Waals surface area contributed by atoms with Gasteiger partial charge in [-0.15, -0.1) is 0 Å². The molecule has 1 aromatic heterocycles. The molecule has 0 amide bonds. The fourth-order valence-electron chi connectivity index (χ4n) is 2.52. The van der Waals surface area contributed by atoms with Crippen molar-refractivity contribution in [3.05, 3.63) is 42.7 Å². The van der Waals surface area contributed by atoms with E-state index in [9.17, 15) is 5.11 Å². The molecule has 0 aliphatic rings. The van der Waals surface area contributed by atoms with Crippen molar-refractivity contribution in [1.82, 2.24) is 15.1 Å². The molecule has 21 heavy (non-hydrogen) atoms. The molecular formula is C17H25N3O. The van der Waals surface area contributed by atoms with Crippen LogP contribution in [0.2, 0.25) is 0 Å². The average molecular weight is 287 g/mol. The first-order valence-corrected chi connectivity index (χ1v) is 7.49. The number of aliphatic hydroxyl groups is 1. The van der Waals surface area contributed by atoms with Gasteiger partial charge in [-0.1, -0.05) is 44.2 Å². The largest absolute Gasteiger partial charge is 0.394 e. The summed E-state index contributed by atoms with van der Waals surface area (Å²) in [5, 5.41) is 17.4. The maximum absolute atomic E-state index is 9.60. The Morgan fingerprint density at radius 2 is 1.95 bits per heavy atom. The summed E-state index contributed by atoms with van der Waals surface area (Å²) < 4.78 is 1.94. The van der Waals surface area contributed by atoms with Crippen molar-refractivity contribution in [2.45, 2.75) is 45.3 Å². The molecule has 0 fully saturated rings. The van der Waals surface area contributed by atoms with Gasteiger partial charge >= 0.3 is 0 Å². The van der Waals surface area contributed by atoms with Crippen LogP contribution in [0.5, 0.6) is 0 Å². The second-order valence-corrected chi connectivity index (χ2v) is 6.13. The van der Waals surface area contributed by atoms with Crippen LogP contribution in [0, 0.1) is 0 Å². The molecule has 0 bridgehead atoms. The standard InChI is InChI=1S/C17H25N3O/c1-14(2)19-17(3,13-21)9-10-20-12-16(11-18-20)15-7-5-4-6-8-15/h4-8,11-12,14,19,21H,9-10,13H2,1-3H3. The molecule has 4 nitrogen and oxygen atoms in total. The predicted octanol–water partition coefficient (Wildman–Crippen LogP) is 2.69. The zero-order chi connectivity index (χ0) is 15.3. The first kappa shape index (κ1) is 15.7. The SMILES string of the molecule is CC(C)NC(C)(CO)CCn1cc(-c2ccccc2)cn1. The van der Waals surface area contributed by atoms with Crippen LogP contribution in [0.4, 0.5) is 0 Å². The van der Waals surface area contributed by atoms with Gasteiger partial charge in [-0.3, -0.25) is 4.68 Å². The number of aryl methyl sites for hydroxylation is 1. The third kappa shape index (κ3) is 4.41. The van der Waals surface area contributed by atoms with Gasteiger partial charge in [-0.05, 0) is 18.9 Å². The smallest absolute Gasteiger partial charge is 0.0611 e. The monoisotopic (exact) mass is 287 g/mol. The third-order valence-corrected chi connectivity index (χ3v) is 3.62. The molecular weight excluding hydrogens is 262 g/mol. The first-order valence-electron chi connectivity index (χ1n) is 7.49. The molecule has 2 N–H and O–H groups in total. The molecule has 114 valence electrons. The molecule has 0 saturated heterocycles. The lowest BCUT2D eigenvalue weighted by molar-refractivity contribution is 0.151. The molecule has 0 aliphatic heterocycles. The second-order valence-electron chi connectivity index (χ2n) is 6.13. The van der Waals surface area contributed by atoms with E-state index < -0.39 is 0 Å². The van der Waals surface area contributed by atoms with Gasteiger partial charge in [0.15, 0.2) is 0 Å². The Balaban J connectivity index is 2.00. The van der Waals surface area contributed by atoms with Crippen LogP contribution in [0.15, 0.2) is 42.7 Å². The van der Waals surface area contributed by atoms with Gasteiger partial charge in [0.2, 0.25) is 0 Å². The number of hydrogen-bond donors (Lipinski definition) is 2. The van der Waals surface area contributed by atoms with Gasteiger partial charge in [0.05, 0.1) is 12.8 Å². The molecule has 1 aromatic carbocycles. The number of benzene rings is 1. The van der Waals surface area contributed by atoms with E-state index in [1.54, 1.807) is 0 Å². The van der Waals surface area contributed by atoms with E-state index >= 15 is 0 Å². The van der Waals surface area contributed by atoms with Crippen LogP contribution >= 0.6 is 0 Å². The Kier molecular flexibility index (Phi) is 5.15. The van der Waals surface area contributed by atoms with E-state index in [0.717, 1.165) is 18.5 Å². The first-order chi connectivity index (χ1) is 10.0. The van der Waals surface area contributed by atoms with Gasteiger partial charge in [0.1, 0.15) is 0 Å². The van der Waals surface area contributed by atoms with E-state index in [1.165, 1.54) is 5.56 Å². The second kappa shape index (κ2) is 6.87. The van der Waals surface area contributed by atoms with Crippen molar-refractivity contribution >= 4 is 0 Å². The van der Waals surface area contributed by atoms with Crippen LogP contribution in [-0.4, -0.2) is 33.1 Å². The number of aliphatic hydroxyl groups excluding tert-OH is 1. The number of nitrogens with zero attached hydrogens (tertiary/aromatic N) is 2. The molecule has 0 spiro atoms. The third-order valence-electron chi connectivity index (χ3n) is 3.62. The van der Waals surface area contributed by atoms with Gasteiger partial charge in [0, 0.05) is 29.9 Å². The van der Waals surface area contributed by atoms with Crippen molar-refractivity contribution < 1.29 is 5.11 Å². The maximum Gasteiger partial charge on any atom is 0.0611 e. The minimum atomic E-state index is -0.271. The summed E-state index contributed by atoms with van der Waals surface area (Å²) in [5.74, 6) is 0. The minimum Gasteiger partial charge on any atom is -0.394 e. The molecule has 0 radical (unpaired) electrons. The van der Waals surface area contributed by atoms with Crippen molar-refractivity contribution in [2.24, 2.45) is 0 Å². The highest BCUT2D eigenvalue weighted by molar-refractivity contribution is 5.61. The lowest BCUT2D eigenvalue weighted by Crippen LogP contribution is -2.49. The van der Waals surface area contributed by atoms with Crippen LogP contribution in [0.3, 0.4) is 0 Å². The summed E-state index contributed by atoms with van der Waals surface area (Å²) in [4.78, 5) is 0. The number of aromatic nitrogens is 2. The van der Waals surface area contributed by atoms with Crippen LogP contribution in [0.25, 0.3) is 11.1 Å². The van der Waals surface area contributed by atoms with Gasteiger partial charge in [-0.2, -0.15) is 5.10 Å². The fourth-order valence-corrected chi connectivity index (χ4v) is 2.52. The molecule has 2 aromatic rings. The lowest BCUT2D eigenvalue weighted by Gasteiger charge is -2.31. The zero-order valence-electron chi connectivity index (χ0n) is 13.1. The summed E-state index contributed by atoms with van der Waals surface area (Å²) in [7, 11) is 0. The summed E-state index contributed by atoms with van der Waals surface area (Å²) in [6.45, 7) is 7.14. The van der Waals surface area contributed by atoms with Crippen LogP contribution < -0.4 is 5.32 Å². The summed E-state index contributed by atoms with van der Waals surface area (Å²) in [5.41, 5.74) is 2.03. The van der Waals surface area contributed by atoms with Crippen molar-refractivity contribution in [2.75, 3.05) is 6.61 Å². The molecule has 1 heterocycles. The number of nitrogens with one attached hydrogen (secondary N) is 1. The van der Waals surface area contributed by atoms with Gasteiger partial charge in [0.25, 0.3) is 0 Å². The number of hydrogen-bond acceptors (Lipinski definition) is 3. The summed E-state index contributed by atoms with van der Waals surface area (Å²) in [6.07, 6.45) is 4.78. The zero-order valence-corrected chi connectivity index (χ0v) is 13.1. The fraction of sp³-hybridized carbons (Fsp3) is 0.471. The van der Waals surface area contributed by atoms with Crippen molar-refractivity contribution in [1.29, 1.82) is 0 Å². The summed E-state index contributed by atoms with van der Waals surface area (Å²) >= 11 is 0. The Bertz CT molecular complexity index is 550. The molecule has 4 heteroatoms. The van der Waals surface area contributed by atoms with Crippen molar-refractivity contribution in [3.63, 3.8) is 0 Å². The molecule has 2 rings (SSSR count). The molecule has 0 saturated carbocycles. The highest BCUT2D eigenvalue weighted by atomic mass is 16.3. The quantitative estimate of drug-likeness (QED) is 0.823. The van der Waals surface area contributed by atoms with Gasteiger partial charge < -0.3 is 10.4 Å². The Morgan fingerprint density at radius 1 is 1.24 bits per heavy atom. The average Bonchev–Trinajstić information content (AvgIpc) is 2.94. The predicted molar refractivity (Wildman–Crippen MR) is 86.0 cm³/mol. The Labute approximate surface area is 126 Å². The minimum absolute atomic E-state index is 0.123. The highest BCUT2D eigenvalue weighted by Gasteiger charge is 2.23. The topological polar surface area (TPSA) is 50.1 Å². The van der Waals surface area contributed by atoms with E-state index in [-0.39, 0.29) is 12.1 Å². The van der Waals surface area contributed by atoms with E-state index in [4.69, 9.17) is 0 Å². The van der Waals surface area contributed by atoms with E-state index in [0.29, 0.717) is 6.04 Å². The Hall–Kier alpha value is -1.65.